The molecule has 0 spiro atoms. The Hall–Kier alpha value is -1.07. The summed E-state index contributed by atoms with van der Waals surface area (Å²) in [4.78, 5) is 2.58. The Balaban J connectivity index is 1.40. The molecule has 140 valence electrons. The number of alkyl halides is 3. The summed E-state index contributed by atoms with van der Waals surface area (Å²) in [5.74, 6) is 0.878. The van der Waals surface area contributed by atoms with Crippen molar-refractivity contribution in [2.45, 2.75) is 63.7 Å². The van der Waals surface area contributed by atoms with E-state index in [1.165, 1.54) is 50.8 Å². The van der Waals surface area contributed by atoms with Gasteiger partial charge in [-0.2, -0.15) is 13.2 Å². The van der Waals surface area contributed by atoms with E-state index in [0.29, 0.717) is 18.2 Å². The van der Waals surface area contributed by atoms with Gasteiger partial charge < -0.3 is 10.2 Å². The summed E-state index contributed by atoms with van der Waals surface area (Å²) in [5, 5.41) is 3.45. The Kier molecular flexibility index (Phi) is 6.39. The summed E-state index contributed by atoms with van der Waals surface area (Å²) in [6, 6.07) is 6.06. The summed E-state index contributed by atoms with van der Waals surface area (Å²) >= 11 is 0. The lowest BCUT2D eigenvalue weighted by Crippen LogP contribution is -2.44. The Labute approximate surface area is 148 Å². The van der Waals surface area contributed by atoms with Crippen molar-refractivity contribution in [3.63, 3.8) is 0 Å². The van der Waals surface area contributed by atoms with Crippen molar-refractivity contribution in [1.29, 1.82) is 0 Å². The average molecular weight is 354 g/mol. The molecule has 25 heavy (non-hydrogen) atoms. The maximum absolute atomic E-state index is 12.8. The fourth-order valence-electron chi connectivity index (χ4n) is 4.17. The van der Waals surface area contributed by atoms with Crippen LogP contribution < -0.4 is 5.32 Å². The van der Waals surface area contributed by atoms with Crippen LogP contribution in [0, 0.1) is 5.92 Å². The van der Waals surface area contributed by atoms with E-state index in [1.807, 2.05) is 0 Å². The third-order valence-electron chi connectivity index (χ3n) is 5.68. The van der Waals surface area contributed by atoms with E-state index < -0.39 is 11.7 Å². The minimum atomic E-state index is -4.26. The van der Waals surface area contributed by atoms with Gasteiger partial charge in [-0.3, -0.25) is 0 Å². The van der Waals surface area contributed by atoms with E-state index in [4.69, 9.17) is 0 Å². The fourth-order valence-corrected chi connectivity index (χ4v) is 4.17. The van der Waals surface area contributed by atoms with Crippen LogP contribution in [0.15, 0.2) is 24.3 Å². The highest BCUT2D eigenvalue weighted by molar-refractivity contribution is 5.25. The van der Waals surface area contributed by atoms with Gasteiger partial charge in [0.1, 0.15) is 0 Å². The molecule has 0 unspecified atom stereocenters. The highest BCUT2D eigenvalue weighted by Gasteiger charge is 2.30. The largest absolute Gasteiger partial charge is 0.416 e. The molecule has 1 aliphatic heterocycles. The predicted molar refractivity (Wildman–Crippen MR) is 94.3 cm³/mol. The van der Waals surface area contributed by atoms with Crippen LogP contribution in [0.4, 0.5) is 13.2 Å². The number of likely N-dealkylation sites (tertiary alicyclic amines) is 1. The van der Waals surface area contributed by atoms with E-state index >= 15 is 0 Å². The molecule has 1 saturated heterocycles. The van der Waals surface area contributed by atoms with Crippen molar-refractivity contribution in [3.05, 3.63) is 35.4 Å². The van der Waals surface area contributed by atoms with Gasteiger partial charge in [0, 0.05) is 19.1 Å². The predicted octanol–water partition coefficient (Wildman–Crippen LogP) is 4.84. The second-order valence-electron chi connectivity index (χ2n) is 7.66. The van der Waals surface area contributed by atoms with E-state index in [1.54, 1.807) is 6.07 Å². The van der Waals surface area contributed by atoms with E-state index in [0.717, 1.165) is 37.9 Å². The fraction of sp³-hybridized carbons (Fsp3) is 0.700. The van der Waals surface area contributed by atoms with Gasteiger partial charge in [-0.1, -0.05) is 37.5 Å². The van der Waals surface area contributed by atoms with Crippen molar-refractivity contribution >= 4 is 0 Å². The smallest absolute Gasteiger partial charge is 0.310 e. The number of piperidine rings is 1. The molecule has 2 aliphatic rings. The second kappa shape index (κ2) is 8.54. The second-order valence-corrected chi connectivity index (χ2v) is 7.66. The quantitative estimate of drug-likeness (QED) is 0.814. The number of rotatable bonds is 5. The Morgan fingerprint density at radius 3 is 2.40 bits per heavy atom. The number of hydrogen-bond donors (Lipinski definition) is 1. The summed E-state index contributed by atoms with van der Waals surface area (Å²) in [5.41, 5.74) is 0.147. The number of benzene rings is 1. The zero-order valence-corrected chi connectivity index (χ0v) is 14.8. The molecule has 3 rings (SSSR count). The van der Waals surface area contributed by atoms with Crippen molar-refractivity contribution in [3.8, 4) is 0 Å². The molecular formula is C20H29F3N2. The molecule has 0 bridgehead atoms. The first-order valence-corrected chi connectivity index (χ1v) is 9.62. The maximum atomic E-state index is 12.8. The van der Waals surface area contributed by atoms with Crippen molar-refractivity contribution in [2.75, 3.05) is 19.6 Å². The number of nitrogens with one attached hydrogen (secondary N) is 1. The Morgan fingerprint density at radius 1 is 1.00 bits per heavy atom. The molecule has 1 aromatic carbocycles. The normalized spacial score (nSPS) is 21.6. The van der Waals surface area contributed by atoms with Gasteiger partial charge >= 0.3 is 6.18 Å². The van der Waals surface area contributed by atoms with Gasteiger partial charge in [-0.15, -0.1) is 0 Å². The van der Waals surface area contributed by atoms with Crippen LogP contribution in [0.2, 0.25) is 0 Å². The third kappa shape index (κ3) is 5.71. The molecule has 0 radical (unpaired) electrons. The molecule has 0 amide bonds. The van der Waals surface area contributed by atoms with Crippen LogP contribution in [0.3, 0.4) is 0 Å². The number of hydrogen-bond acceptors (Lipinski definition) is 2. The molecule has 1 heterocycles. The lowest BCUT2D eigenvalue weighted by atomic mass is 9.88. The molecule has 1 aliphatic carbocycles. The summed E-state index contributed by atoms with van der Waals surface area (Å²) < 4.78 is 38.3. The van der Waals surface area contributed by atoms with Gasteiger partial charge in [0.15, 0.2) is 0 Å². The lowest BCUT2D eigenvalue weighted by molar-refractivity contribution is -0.137. The highest BCUT2D eigenvalue weighted by atomic mass is 19.4. The van der Waals surface area contributed by atoms with Crippen LogP contribution in [0.1, 0.15) is 56.1 Å². The minimum Gasteiger partial charge on any atom is -0.310 e. The van der Waals surface area contributed by atoms with Crippen molar-refractivity contribution in [2.24, 2.45) is 5.92 Å². The highest BCUT2D eigenvalue weighted by Crippen LogP contribution is 2.29. The Morgan fingerprint density at radius 2 is 1.72 bits per heavy atom. The summed E-state index contributed by atoms with van der Waals surface area (Å²) in [6.45, 7) is 3.96. The molecule has 2 fully saturated rings. The average Bonchev–Trinajstić information content (AvgIpc) is 2.62. The van der Waals surface area contributed by atoms with Crippen LogP contribution in [0.5, 0.6) is 0 Å². The van der Waals surface area contributed by atoms with Crippen molar-refractivity contribution < 1.29 is 13.2 Å². The van der Waals surface area contributed by atoms with Gasteiger partial charge in [0.05, 0.1) is 5.56 Å². The number of halogens is 3. The molecule has 5 heteroatoms. The van der Waals surface area contributed by atoms with Gasteiger partial charge in [-0.05, 0) is 56.3 Å². The van der Waals surface area contributed by atoms with Crippen molar-refractivity contribution in [1.82, 2.24) is 10.2 Å². The molecule has 1 aromatic rings. The van der Waals surface area contributed by atoms with E-state index in [2.05, 4.69) is 10.2 Å². The lowest BCUT2D eigenvalue weighted by Gasteiger charge is -2.35. The zero-order valence-electron chi connectivity index (χ0n) is 14.8. The Bertz CT molecular complexity index is 530. The molecule has 0 aromatic heterocycles. The first kappa shape index (κ1) is 18.7. The molecule has 0 atom stereocenters. The van der Waals surface area contributed by atoms with Crippen LogP contribution in [0.25, 0.3) is 0 Å². The SMILES string of the molecule is FC(F)(F)c1cccc(CNC2CCN(CC3CCCCC3)CC2)c1. The van der Waals surface area contributed by atoms with Gasteiger partial charge in [0.2, 0.25) is 0 Å². The monoisotopic (exact) mass is 354 g/mol. The van der Waals surface area contributed by atoms with E-state index in [-0.39, 0.29) is 0 Å². The molecule has 1 N–H and O–H groups in total. The third-order valence-corrected chi connectivity index (χ3v) is 5.68. The first-order valence-electron chi connectivity index (χ1n) is 9.62. The number of nitrogens with zero attached hydrogens (tertiary/aromatic N) is 1. The first-order chi connectivity index (χ1) is 12.0. The van der Waals surface area contributed by atoms with Crippen LogP contribution in [-0.4, -0.2) is 30.6 Å². The minimum absolute atomic E-state index is 0.414. The maximum Gasteiger partial charge on any atom is 0.416 e. The molecular weight excluding hydrogens is 325 g/mol. The molecule has 2 nitrogen and oxygen atoms in total. The molecule has 1 saturated carbocycles. The van der Waals surface area contributed by atoms with Gasteiger partial charge in [-0.25, -0.2) is 0 Å². The zero-order chi connectivity index (χ0) is 17.7. The van der Waals surface area contributed by atoms with Gasteiger partial charge in [0.25, 0.3) is 0 Å². The van der Waals surface area contributed by atoms with E-state index in [9.17, 15) is 13.2 Å². The van der Waals surface area contributed by atoms with Crippen LogP contribution >= 0.6 is 0 Å². The standard InChI is InChI=1S/C20H29F3N2/c21-20(22,23)18-8-4-7-17(13-18)14-24-19-9-11-25(12-10-19)15-16-5-2-1-3-6-16/h4,7-8,13,16,19,24H,1-3,5-6,9-12,14-15H2. The summed E-state index contributed by atoms with van der Waals surface area (Å²) in [6.07, 6.45) is 4.86. The summed E-state index contributed by atoms with van der Waals surface area (Å²) in [7, 11) is 0. The van der Waals surface area contributed by atoms with Crippen LogP contribution in [-0.2, 0) is 12.7 Å². The topological polar surface area (TPSA) is 15.3 Å².